The van der Waals surface area contributed by atoms with Gasteiger partial charge in [0.25, 0.3) is 5.91 Å². The summed E-state index contributed by atoms with van der Waals surface area (Å²) in [7, 11) is 2.77. The molecule has 1 heterocycles. The normalized spacial score (nSPS) is 21.0. The number of nitrogens with zero attached hydrogens (tertiary/aromatic N) is 1. The Morgan fingerprint density at radius 1 is 1.26 bits per heavy atom. The van der Waals surface area contributed by atoms with Crippen LogP contribution in [0.5, 0.6) is 11.5 Å². The maximum atomic E-state index is 14.2. The number of carboxylic acid groups (broad SMARTS) is 1. The van der Waals surface area contributed by atoms with Crippen molar-refractivity contribution in [3.05, 3.63) is 23.5 Å². The van der Waals surface area contributed by atoms with E-state index in [9.17, 15) is 19.1 Å². The van der Waals surface area contributed by atoms with E-state index >= 15 is 0 Å². The fraction of sp³-hybridized carbons (Fsp3) is 0.500. The average molecular weight is 325 g/mol. The van der Waals surface area contributed by atoms with Crippen LogP contribution < -0.4 is 9.47 Å². The molecule has 0 aromatic heterocycles. The van der Waals surface area contributed by atoms with Crippen molar-refractivity contribution in [3.8, 4) is 11.5 Å². The van der Waals surface area contributed by atoms with Crippen LogP contribution in [0.2, 0.25) is 0 Å². The molecule has 6 nitrogen and oxygen atoms in total. The summed E-state index contributed by atoms with van der Waals surface area (Å²) in [5.74, 6) is -1.79. The van der Waals surface area contributed by atoms with Crippen molar-refractivity contribution in [3.63, 3.8) is 0 Å². The third kappa shape index (κ3) is 3.23. The average Bonchev–Trinajstić information content (AvgIpc) is 2.53. The van der Waals surface area contributed by atoms with Crippen LogP contribution in [0.4, 0.5) is 4.39 Å². The molecule has 0 bridgehead atoms. The number of benzene rings is 1. The van der Waals surface area contributed by atoms with Gasteiger partial charge in [-0.25, -0.2) is 4.39 Å². The second kappa shape index (κ2) is 6.44. The highest BCUT2D eigenvalue weighted by Gasteiger charge is 2.40. The van der Waals surface area contributed by atoms with Crippen LogP contribution in [0.15, 0.2) is 12.1 Å². The Hall–Kier alpha value is -2.31. The van der Waals surface area contributed by atoms with Crippen LogP contribution in [-0.2, 0) is 4.79 Å². The summed E-state index contributed by atoms with van der Waals surface area (Å²) in [5.41, 5.74) is -1.17. The van der Waals surface area contributed by atoms with Gasteiger partial charge in [0.15, 0.2) is 11.5 Å². The summed E-state index contributed by atoms with van der Waals surface area (Å²) in [4.78, 5) is 25.4. The smallest absolute Gasteiger partial charge is 0.311 e. The lowest BCUT2D eigenvalue weighted by molar-refractivity contribution is -0.150. The van der Waals surface area contributed by atoms with Gasteiger partial charge in [0.2, 0.25) is 0 Å². The molecule has 126 valence electrons. The van der Waals surface area contributed by atoms with Crippen LogP contribution >= 0.6 is 0 Å². The zero-order chi connectivity index (χ0) is 17.2. The molecule has 1 N–H and O–H groups in total. The molecule has 1 aromatic rings. The van der Waals surface area contributed by atoms with E-state index in [4.69, 9.17) is 9.47 Å². The van der Waals surface area contributed by atoms with Crippen LogP contribution in [0.25, 0.3) is 0 Å². The number of carbonyl (C=O) groups is 2. The molecule has 1 aromatic carbocycles. The van der Waals surface area contributed by atoms with Gasteiger partial charge in [-0.05, 0) is 25.8 Å². The maximum absolute atomic E-state index is 14.2. The van der Waals surface area contributed by atoms with E-state index in [0.29, 0.717) is 19.4 Å². The topological polar surface area (TPSA) is 76.1 Å². The minimum absolute atomic E-state index is 0.0505. The van der Waals surface area contributed by atoms with Crippen LogP contribution in [0, 0.1) is 11.2 Å². The fourth-order valence-electron chi connectivity index (χ4n) is 2.78. The zero-order valence-electron chi connectivity index (χ0n) is 13.4. The predicted octanol–water partition coefficient (Wildman–Crippen LogP) is 2.17. The molecule has 0 saturated carbocycles. The number of hydrogen-bond donors (Lipinski definition) is 1. The largest absolute Gasteiger partial charge is 0.493 e. The van der Waals surface area contributed by atoms with E-state index in [-0.39, 0.29) is 23.6 Å². The molecular formula is C16H20FNO5. The summed E-state index contributed by atoms with van der Waals surface area (Å²) >= 11 is 0. The molecule has 1 fully saturated rings. The van der Waals surface area contributed by atoms with Gasteiger partial charge in [0, 0.05) is 19.2 Å². The Bertz CT molecular complexity index is 633. The van der Waals surface area contributed by atoms with Crippen molar-refractivity contribution < 1.29 is 28.6 Å². The van der Waals surface area contributed by atoms with Gasteiger partial charge in [-0.1, -0.05) is 0 Å². The number of carbonyl (C=O) groups excluding carboxylic acids is 1. The van der Waals surface area contributed by atoms with E-state index in [1.807, 2.05) is 0 Å². The lowest BCUT2D eigenvalue weighted by Crippen LogP contribution is -2.48. The molecule has 1 aliphatic heterocycles. The van der Waals surface area contributed by atoms with Crippen molar-refractivity contribution in [2.75, 3.05) is 27.3 Å². The summed E-state index contributed by atoms with van der Waals surface area (Å²) in [5, 5.41) is 9.32. The van der Waals surface area contributed by atoms with Crippen molar-refractivity contribution in [2.24, 2.45) is 5.41 Å². The molecule has 0 spiro atoms. The fourth-order valence-corrected chi connectivity index (χ4v) is 2.78. The minimum Gasteiger partial charge on any atom is -0.493 e. The predicted molar refractivity (Wildman–Crippen MR) is 80.4 cm³/mol. The van der Waals surface area contributed by atoms with Crippen molar-refractivity contribution in [1.29, 1.82) is 0 Å². The van der Waals surface area contributed by atoms with Gasteiger partial charge in [-0.3, -0.25) is 9.59 Å². The summed E-state index contributed by atoms with van der Waals surface area (Å²) < 4.78 is 24.3. The van der Waals surface area contributed by atoms with Crippen LogP contribution in [0.1, 0.15) is 30.1 Å². The number of piperidine rings is 1. The lowest BCUT2D eigenvalue weighted by atomic mass is 9.82. The molecule has 1 atom stereocenters. The number of rotatable bonds is 4. The first kappa shape index (κ1) is 17.1. The second-order valence-corrected chi connectivity index (χ2v) is 5.88. The van der Waals surface area contributed by atoms with Gasteiger partial charge < -0.3 is 19.5 Å². The molecule has 0 radical (unpaired) electrons. The molecular weight excluding hydrogens is 305 g/mol. The molecule has 1 saturated heterocycles. The first-order valence-corrected chi connectivity index (χ1v) is 7.26. The Morgan fingerprint density at radius 3 is 2.43 bits per heavy atom. The third-order valence-electron chi connectivity index (χ3n) is 4.20. The maximum Gasteiger partial charge on any atom is 0.311 e. The second-order valence-electron chi connectivity index (χ2n) is 5.88. The number of amides is 1. The molecule has 2 rings (SSSR count). The van der Waals surface area contributed by atoms with E-state index in [1.54, 1.807) is 6.92 Å². The molecule has 7 heteroatoms. The Labute approximate surface area is 133 Å². The number of aliphatic carboxylic acids is 1. The number of carboxylic acids is 1. The third-order valence-corrected chi connectivity index (χ3v) is 4.20. The van der Waals surface area contributed by atoms with E-state index in [2.05, 4.69) is 0 Å². The number of ether oxygens (including phenoxy) is 2. The van der Waals surface area contributed by atoms with Crippen molar-refractivity contribution in [2.45, 2.75) is 19.8 Å². The summed E-state index contributed by atoms with van der Waals surface area (Å²) in [6.45, 7) is 2.05. The number of hydrogen-bond acceptors (Lipinski definition) is 4. The minimum atomic E-state index is -1.01. The van der Waals surface area contributed by atoms with Gasteiger partial charge in [-0.2, -0.15) is 0 Å². The Kier molecular flexibility index (Phi) is 4.77. The van der Waals surface area contributed by atoms with Gasteiger partial charge >= 0.3 is 5.97 Å². The quantitative estimate of drug-likeness (QED) is 0.918. The molecule has 1 aliphatic rings. The monoisotopic (exact) mass is 325 g/mol. The molecule has 0 aliphatic carbocycles. The number of methoxy groups -OCH3 is 2. The Morgan fingerprint density at radius 2 is 1.87 bits per heavy atom. The SMILES string of the molecule is COc1cc(F)c(C(=O)N2CCCC(C)(C(=O)O)C2)cc1OC. The Balaban J connectivity index is 2.31. The van der Waals surface area contributed by atoms with Crippen LogP contribution in [0.3, 0.4) is 0 Å². The zero-order valence-corrected chi connectivity index (χ0v) is 13.4. The van der Waals surface area contributed by atoms with E-state index in [0.717, 1.165) is 6.07 Å². The van der Waals surface area contributed by atoms with E-state index in [1.165, 1.54) is 25.2 Å². The molecule has 23 heavy (non-hydrogen) atoms. The standard InChI is InChI=1S/C16H20FNO5/c1-16(15(20)21)5-4-6-18(9-16)14(19)10-7-12(22-2)13(23-3)8-11(10)17/h7-8H,4-6,9H2,1-3H3,(H,20,21). The van der Waals surface area contributed by atoms with Gasteiger partial charge in [0.1, 0.15) is 5.82 Å². The van der Waals surface area contributed by atoms with Crippen LogP contribution in [-0.4, -0.2) is 49.2 Å². The van der Waals surface area contributed by atoms with Crippen molar-refractivity contribution in [1.82, 2.24) is 4.90 Å². The number of likely N-dealkylation sites (tertiary alicyclic amines) is 1. The van der Waals surface area contributed by atoms with E-state index < -0.39 is 23.1 Å². The summed E-state index contributed by atoms with van der Waals surface area (Å²) in [6, 6.07) is 2.37. The lowest BCUT2D eigenvalue weighted by Gasteiger charge is -2.37. The highest BCUT2D eigenvalue weighted by Crippen LogP contribution is 2.33. The van der Waals surface area contributed by atoms with Gasteiger partial charge in [0.05, 0.1) is 25.2 Å². The van der Waals surface area contributed by atoms with Crippen molar-refractivity contribution >= 4 is 11.9 Å². The van der Waals surface area contributed by atoms with Gasteiger partial charge in [-0.15, -0.1) is 0 Å². The molecule has 1 amide bonds. The molecule has 1 unspecified atom stereocenters. The summed E-state index contributed by atoms with van der Waals surface area (Å²) in [6.07, 6.45) is 1.05. The first-order valence-electron chi connectivity index (χ1n) is 7.26. The number of halogens is 1. The first-order chi connectivity index (χ1) is 10.8. The highest BCUT2D eigenvalue weighted by molar-refractivity contribution is 5.95. The highest BCUT2D eigenvalue weighted by atomic mass is 19.1.